The van der Waals surface area contributed by atoms with Gasteiger partial charge in [-0.05, 0) is 48.9 Å². The van der Waals surface area contributed by atoms with Gasteiger partial charge in [0.25, 0.3) is 0 Å². The van der Waals surface area contributed by atoms with Crippen LogP contribution in [-0.2, 0) is 11.2 Å². The van der Waals surface area contributed by atoms with Gasteiger partial charge in [-0.2, -0.15) is 5.26 Å². The van der Waals surface area contributed by atoms with Crippen LogP contribution in [0.5, 0.6) is 0 Å². The molecule has 1 N–H and O–H groups in total. The molecule has 2 fully saturated rings. The number of hydrogen-bond donors (Lipinski definition) is 1. The Labute approximate surface area is 138 Å². The van der Waals surface area contributed by atoms with Gasteiger partial charge in [0.05, 0.1) is 19.0 Å². The van der Waals surface area contributed by atoms with E-state index in [1.165, 1.54) is 32.1 Å². The van der Waals surface area contributed by atoms with E-state index in [2.05, 4.69) is 16.3 Å². The molecule has 1 aliphatic carbocycles. The summed E-state index contributed by atoms with van der Waals surface area (Å²) in [6.07, 6.45) is 7.13. The summed E-state index contributed by atoms with van der Waals surface area (Å²) in [6.45, 7) is 2.62. The van der Waals surface area contributed by atoms with Crippen LogP contribution in [-0.4, -0.2) is 30.4 Å². The molecule has 0 bridgehead atoms. The molecule has 1 aromatic carbocycles. The van der Waals surface area contributed by atoms with E-state index in [9.17, 15) is 4.79 Å². The highest BCUT2D eigenvalue weighted by atomic mass is 16.2. The monoisotopic (exact) mass is 311 g/mol. The zero-order valence-electron chi connectivity index (χ0n) is 13.6. The maximum absolute atomic E-state index is 12.2. The highest BCUT2D eigenvalue weighted by Crippen LogP contribution is 2.35. The van der Waals surface area contributed by atoms with Crippen LogP contribution in [0.25, 0.3) is 0 Å². The van der Waals surface area contributed by atoms with Crippen molar-refractivity contribution in [3.8, 4) is 6.07 Å². The summed E-state index contributed by atoms with van der Waals surface area (Å²) >= 11 is 0. The average molecular weight is 311 g/mol. The fourth-order valence-electron chi connectivity index (χ4n) is 4.02. The number of benzene rings is 1. The van der Waals surface area contributed by atoms with Crippen LogP contribution in [0.3, 0.4) is 0 Å². The summed E-state index contributed by atoms with van der Waals surface area (Å²) in [5.41, 5.74) is 1.79. The van der Waals surface area contributed by atoms with Crippen molar-refractivity contribution in [3.63, 3.8) is 0 Å². The number of nitriles is 1. The van der Waals surface area contributed by atoms with Crippen LogP contribution in [0.2, 0.25) is 0 Å². The Hall–Kier alpha value is -1.86. The molecule has 2 atom stereocenters. The first kappa shape index (κ1) is 16.0. The Kier molecular flexibility index (Phi) is 5.30. The molecule has 1 amide bonds. The number of fused-ring (bicyclic) bond motifs is 1. The van der Waals surface area contributed by atoms with Crippen LogP contribution in [0.1, 0.15) is 37.7 Å². The average Bonchev–Trinajstić information content (AvgIpc) is 2.57. The molecule has 122 valence electrons. The van der Waals surface area contributed by atoms with Crippen molar-refractivity contribution in [2.45, 2.75) is 38.5 Å². The molecule has 1 saturated heterocycles. The van der Waals surface area contributed by atoms with E-state index in [0.29, 0.717) is 13.0 Å². The fourth-order valence-corrected chi connectivity index (χ4v) is 4.02. The topological polar surface area (TPSA) is 56.1 Å². The van der Waals surface area contributed by atoms with Gasteiger partial charge in [0, 0.05) is 12.2 Å². The molecular weight excluding hydrogens is 286 g/mol. The third-order valence-corrected chi connectivity index (χ3v) is 5.26. The Morgan fingerprint density at radius 2 is 1.91 bits per heavy atom. The van der Waals surface area contributed by atoms with E-state index in [1.54, 1.807) is 0 Å². The quantitative estimate of drug-likeness (QED) is 0.929. The SMILES string of the molecule is N#CCc1ccc(NC(=O)CN2CC[C@@H]3CCCC[C@H]3C2)cc1. The summed E-state index contributed by atoms with van der Waals surface area (Å²) in [5, 5.41) is 11.6. The molecule has 1 heterocycles. The zero-order chi connectivity index (χ0) is 16.1. The van der Waals surface area contributed by atoms with Gasteiger partial charge in [-0.25, -0.2) is 0 Å². The van der Waals surface area contributed by atoms with E-state index < -0.39 is 0 Å². The number of carbonyl (C=O) groups is 1. The highest BCUT2D eigenvalue weighted by Gasteiger charge is 2.31. The molecule has 0 spiro atoms. The van der Waals surface area contributed by atoms with Crippen molar-refractivity contribution < 1.29 is 4.79 Å². The first-order valence-electron chi connectivity index (χ1n) is 8.72. The van der Waals surface area contributed by atoms with Crippen LogP contribution < -0.4 is 5.32 Å². The van der Waals surface area contributed by atoms with Gasteiger partial charge in [0.15, 0.2) is 0 Å². The van der Waals surface area contributed by atoms with E-state index in [4.69, 9.17) is 5.26 Å². The summed E-state index contributed by atoms with van der Waals surface area (Å²) in [7, 11) is 0. The molecule has 1 aliphatic heterocycles. The lowest BCUT2D eigenvalue weighted by Crippen LogP contribution is -2.44. The highest BCUT2D eigenvalue weighted by molar-refractivity contribution is 5.92. The number of hydrogen-bond acceptors (Lipinski definition) is 3. The van der Waals surface area contributed by atoms with Crippen LogP contribution in [0.15, 0.2) is 24.3 Å². The molecule has 4 heteroatoms. The normalized spacial score (nSPS) is 24.5. The minimum absolute atomic E-state index is 0.0623. The maximum atomic E-state index is 12.2. The molecule has 2 aliphatic rings. The van der Waals surface area contributed by atoms with Gasteiger partial charge in [0.1, 0.15) is 0 Å². The Morgan fingerprint density at radius 3 is 2.65 bits per heavy atom. The number of nitrogens with zero attached hydrogens (tertiary/aromatic N) is 2. The van der Waals surface area contributed by atoms with E-state index >= 15 is 0 Å². The fraction of sp³-hybridized carbons (Fsp3) is 0.579. The van der Waals surface area contributed by atoms with Gasteiger partial charge in [0.2, 0.25) is 5.91 Å². The number of nitrogens with one attached hydrogen (secondary N) is 1. The summed E-state index contributed by atoms with van der Waals surface area (Å²) in [4.78, 5) is 14.6. The molecule has 23 heavy (non-hydrogen) atoms. The van der Waals surface area contributed by atoms with Crippen LogP contribution >= 0.6 is 0 Å². The van der Waals surface area contributed by atoms with Gasteiger partial charge < -0.3 is 5.32 Å². The first-order chi connectivity index (χ1) is 11.2. The first-order valence-corrected chi connectivity index (χ1v) is 8.72. The molecular formula is C19H25N3O. The summed E-state index contributed by atoms with van der Waals surface area (Å²) < 4.78 is 0. The molecule has 0 aromatic heterocycles. The summed E-state index contributed by atoms with van der Waals surface area (Å²) in [6, 6.07) is 9.66. The van der Waals surface area contributed by atoms with Crippen LogP contribution in [0, 0.1) is 23.2 Å². The number of amides is 1. The number of anilines is 1. The van der Waals surface area contributed by atoms with Crippen molar-refractivity contribution in [3.05, 3.63) is 29.8 Å². The largest absolute Gasteiger partial charge is 0.325 e. The van der Waals surface area contributed by atoms with Gasteiger partial charge in [-0.3, -0.25) is 9.69 Å². The molecule has 0 unspecified atom stereocenters. The Morgan fingerprint density at radius 1 is 1.17 bits per heavy atom. The lowest BCUT2D eigenvalue weighted by Gasteiger charge is -2.41. The molecule has 1 saturated carbocycles. The van der Waals surface area contributed by atoms with E-state index in [0.717, 1.165) is 36.2 Å². The second-order valence-electron chi connectivity index (χ2n) is 6.91. The van der Waals surface area contributed by atoms with Gasteiger partial charge in [-0.15, -0.1) is 0 Å². The number of likely N-dealkylation sites (tertiary alicyclic amines) is 1. The Bertz CT molecular complexity index is 575. The number of carbonyl (C=O) groups excluding carboxylic acids is 1. The third kappa shape index (κ3) is 4.33. The zero-order valence-corrected chi connectivity index (χ0v) is 13.6. The smallest absolute Gasteiger partial charge is 0.238 e. The second kappa shape index (κ2) is 7.61. The number of piperidine rings is 1. The van der Waals surface area contributed by atoms with Crippen molar-refractivity contribution in [1.82, 2.24) is 4.90 Å². The minimum Gasteiger partial charge on any atom is -0.325 e. The molecule has 0 radical (unpaired) electrons. The predicted molar refractivity (Wildman–Crippen MR) is 90.9 cm³/mol. The minimum atomic E-state index is 0.0623. The second-order valence-corrected chi connectivity index (χ2v) is 6.91. The molecule has 4 nitrogen and oxygen atoms in total. The lowest BCUT2D eigenvalue weighted by molar-refractivity contribution is -0.118. The molecule has 1 aromatic rings. The van der Waals surface area contributed by atoms with Crippen LogP contribution in [0.4, 0.5) is 5.69 Å². The predicted octanol–water partition coefficient (Wildman–Crippen LogP) is 3.20. The van der Waals surface area contributed by atoms with Crippen molar-refractivity contribution in [2.75, 3.05) is 25.0 Å². The third-order valence-electron chi connectivity index (χ3n) is 5.26. The maximum Gasteiger partial charge on any atom is 0.238 e. The van der Waals surface area contributed by atoms with Gasteiger partial charge in [-0.1, -0.05) is 31.4 Å². The van der Waals surface area contributed by atoms with Gasteiger partial charge >= 0.3 is 0 Å². The van der Waals surface area contributed by atoms with Crippen molar-refractivity contribution in [2.24, 2.45) is 11.8 Å². The lowest BCUT2D eigenvalue weighted by atomic mass is 9.75. The molecule has 3 rings (SSSR count). The van der Waals surface area contributed by atoms with Crippen molar-refractivity contribution in [1.29, 1.82) is 5.26 Å². The van der Waals surface area contributed by atoms with E-state index in [-0.39, 0.29) is 5.91 Å². The number of rotatable bonds is 4. The Balaban J connectivity index is 1.48. The standard InChI is InChI=1S/C19H25N3O/c20-11-9-15-5-7-18(8-6-15)21-19(23)14-22-12-10-16-3-1-2-4-17(16)13-22/h5-8,16-17H,1-4,9-10,12-14H2,(H,21,23)/t16-,17-/m0/s1. The van der Waals surface area contributed by atoms with E-state index in [1.807, 2.05) is 24.3 Å². The van der Waals surface area contributed by atoms with Crippen molar-refractivity contribution >= 4 is 11.6 Å². The summed E-state index contributed by atoms with van der Waals surface area (Å²) in [5.74, 6) is 1.76.